The standard InChI is InChI=1S/C28H52N8O7/c1-4-43-25(39)33-19-13-7-10-16-22-36-27(41)34(20-14-8-5-11-17-31-23(37)29-2)26(40)35(28(36)42)21-15-9-6-12-18-32-24(38)30-3/h4-22H2,1-3H3,(H,33,39)(H2,29,31,37)(H2,30,32,38). The van der Waals surface area contributed by atoms with Crippen LogP contribution in [0.3, 0.4) is 0 Å². The zero-order chi connectivity index (χ0) is 31.9. The third-order valence-electron chi connectivity index (χ3n) is 6.88. The number of aromatic nitrogens is 3. The first-order chi connectivity index (χ1) is 20.8. The Labute approximate surface area is 253 Å². The third-order valence-corrected chi connectivity index (χ3v) is 6.88. The van der Waals surface area contributed by atoms with Gasteiger partial charge < -0.3 is 31.3 Å². The van der Waals surface area contributed by atoms with Gasteiger partial charge >= 0.3 is 35.2 Å². The second kappa shape index (κ2) is 22.8. The number of carbonyl (C=O) groups excluding carboxylic acids is 3. The highest BCUT2D eigenvalue weighted by Gasteiger charge is 2.15. The molecule has 0 atom stereocenters. The van der Waals surface area contributed by atoms with Crippen molar-refractivity contribution in [3.63, 3.8) is 0 Å². The van der Waals surface area contributed by atoms with Gasteiger partial charge in [-0.15, -0.1) is 0 Å². The molecule has 0 bridgehead atoms. The van der Waals surface area contributed by atoms with Crippen molar-refractivity contribution < 1.29 is 19.1 Å². The number of rotatable bonds is 22. The molecule has 0 aliphatic rings. The van der Waals surface area contributed by atoms with Crippen LogP contribution in [-0.4, -0.2) is 72.2 Å². The zero-order valence-electron chi connectivity index (χ0n) is 26.1. The monoisotopic (exact) mass is 612 g/mol. The first-order valence-corrected chi connectivity index (χ1v) is 15.5. The Morgan fingerprint density at radius 2 is 0.860 bits per heavy atom. The van der Waals surface area contributed by atoms with Crippen LogP contribution in [0, 0.1) is 0 Å². The van der Waals surface area contributed by atoms with Crippen molar-refractivity contribution >= 4 is 18.2 Å². The molecule has 1 rings (SSSR count). The van der Waals surface area contributed by atoms with Gasteiger partial charge in [0.15, 0.2) is 0 Å². The molecule has 0 fully saturated rings. The van der Waals surface area contributed by atoms with Gasteiger partial charge in [0, 0.05) is 53.4 Å². The van der Waals surface area contributed by atoms with Crippen molar-refractivity contribution in [3.05, 3.63) is 31.5 Å². The molecule has 0 aromatic carbocycles. The van der Waals surface area contributed by atoms with Crippen LogP contribution in [0.4, 0.5) is 14.4 Å². The van der Waals surface area contributed by atoms with Gasteiger partial charge in [0.05, 0.1) is 6.61 Å². The second-order valence-corrected chi connectivity index (χ2v) is 10.2. The van der Waals surface area contributed by atoms with E-state index in [9.17, 15) is 28.8 Å². The average Bonchev–Trinajstić information content (AvgIpc) is 2.99. The van der Waals surface area contributed by atoms with Crippen molar-refractivity contribution in [1.29, 1.82) is 0 Å². The number of hydrogen-bond donors (Lipinski definition) is 5. The summed E-state index contributed by atoms with van der Waals surface area (Å²) in [4.78, 5) is 73.5. The van der Waals surface area contributed by atoms with Gasteiger partial charge in [-0.1, -0.05) is 38.5 Å². The molecule has 246 valence electrons. The molecule has 5 N–H and O–H groups in total. The largest absolute Gasteiger partial charge is 0.450 e. The summed E-state index contributed by atoms with van der Waals surface area (Å²) in [5, 5.41) is 13.1. The summed E-state index contributed by atoms with van der Waals surface area (Å²) in [5.74, 6) is 0. The van der Waals surface area contributed by atoms with Gasteiger partial charge in [-0.2, -0.15) is 0 Å². The van der Waals surface area contributed by atoms with E-state index in [0.29, 0.717) is 45.5 Å². The molecular formula is C28H52N8O7. The Kier molecular flexibility index (Phi) is 19.7. The summed E-state index contributed by atoms with van der Waals surface area (Å²) in [6.07, 6.45) is 8.38. The maximum atomic E-state index is 13.2. The van der Waals surface area contributed by atoms with E-state index in [1.54, 1.807) is 21.0 Å². The summed E-state index contributed by atoms with van der Waals surface area (Å²) in [5.41, 5.74) is -1.76. The minimum atomic E-state index is -0.586. The fourth-order valence-corrected chi connectivity index (χ4v) is 4.46. The number of hydrogen-bond acceptors (Lipinski definition) is 7. The van der Waals surface area contributed by atoms with Crippen LogP contribution in [0.5, 0.6) is 0 Å². The normalized spacial score (nSPS) is 10.7. The average molecular weight is 613 g/mol. The summed E-state index contributed by atoms with van der Waals surface area (Å²) in [6.45, 7) is 4.25. The lowest BCUT2D eigenvalue weighted by Gasteiger charge is -2.14. The Balaban J connectivity index is 2.77. The highest BCUT2D eigenvalue weighted by Crippen LogP contribution is 2.03. The third kappa shape index (κ3) is 15.3. The molecular weight excluding hydrogens is 560 g/mol. The smallest absolute Gasteiger partial charge is 0.407 e. The Morgan fingerprint density at radius 3 is 1.19 bits per heavy atom. The minimum absolute atomic E-state index is 0.208. The van der Waals surface area contributed by atoms with Crippen molar-refractivity contribution in [1.82, 2.24) is 40.3 Å². The lowest BCUT2D eigenvalue weighted by molar-refractivity contribution is 0.152. The number of alkyl carbamates (subject to hydrolysis) is 1. The van der Waals surface area contributed by atoms with Crippen LogP contribution in [0.25, 0.3) is 0 Å². The fraction of sp³-hybridized carbons (Fsp3) is 0.786. The molecule has 1 heterocycles. The molecule has 5 amide bonds. The quantitative estimate of drug-likeness (QED) is 0.123. The molecule has 0 saturated heterocycles. The number of nitrogens with zero attached hydrogens (tertiary/aromatic N) is 3. The molecule has 0 unspecified atom stereocenters. The highest BCUT2D eigenvalue weighted by atomic mass is 16.5. The van der Waals surface area contributed by atoms with E-state index in [4.69, 9.17) is 4.74 Å². The van der Waals surface area contributed by atoms with Crippen LogP contribution in [0.2, 0.25) is 0 Å². The van der Waals surface area contributed by atoms with Gasteiger partial charge in [0.25, 0.3) is 0 Å². The fourth-order valence-electron chi connectivity index (χ4n) is 4.46. The zero-order valence-corrected chi connectivity index (χ0v) is 26.1. The van der Waals surface area contributed by atoms with Crippen LogP contribution in [0.1, 0.15) is 84.0 Å². The number of carbonyl (C=O) groups is 3. The summed E-state index contributed by atoms with van der Waals surface area (Å²) in [6, 6.07) is -0.466. The molecule has 0 aliphatic heterocycles. The lowest BCUT2D eigenvalue weighted by atomic mass is 10.2. The lowest BCUT2D eigenvalue weighted by Crippen LogP contribution is -2.54. The van der Waals surface area contributed by atoms with Crippen LogP contribution >= 0.6 is 0 Å². The number of nitrogens with one attached hydrogen (secondary N) is 5. The molecule has 0 spiro atoms. The van der Waals surface area contributed by atoms with Crippen molar-refractivity contribution in [2.45, 2.75) is 104 Å². The first-order valence-electron chi connectivity index (χ1n) is 15.5. The minimum Gasteiger partial charge on any atom is -0.450 e. The summed E-state index contributed by atoms with van der Waals surface area (Å²) in [7, 11) is 3.11. The van der Waals surface area contributed by atoms with Crippen LogP contribution in [-0.2, 0) is 24.4 Å². The van der Waals surface area contributed by atoms with E-state index in [-0.39, 0.29) is 31.7 Å². The van der Waals surface area contributed by atoms with E-state index in [0.717, 1.165) is 57.8 Å². The molecule has 15 nitrogen and oxygen atoms in total. The highest BCUT2D eigenvalue weighted by molar-refractivity contribution is 5.73. The maximum absolute atomic E-state index is 13.2. The molecule has 0 radical (unpaired) electrons. The first kappa shape index (κ1) is 37.2. The molecule has 15 heteroatoms. The van der Waals surface area contributed by atoms with Crippen molar-refractivity contribution in [2.24, 2.45) is 0 Å². The van der Waals surface area contributed by atoms with Gasteiger partial charge in [-0.3, -0.25) is 0 Å². The topological polar surface area (TPSA) is 187 Å². The van der Waals surface area contributed by atoms with E-state index in [2.05, 4.69) is 26.6 Å². The predicted octanol–water partition coefficient (Wildman–Crippen LogP) is 1.46. The van der Waals surface area contributed by atoms with E-state index in [1.807, 2.05) is 0 Å². The molecule has 43 heavy (non-hydrogen) atoms. The Hall–Kier alpha value is -3.78. The van der Waals surface area contributed by atoms with Gasteiger partial charge in [0.2, 0.25) is 0 Å². The number of urea groups is 2. The number of amides is 5. The summed E-state index contributed by atoms with van der Waals surface area (Å²) < 4.78 is 8.33. The number of unbranched alkanes of at least 4 members (excludes halogenated alkanes) is 9. The molecule has 0 aliphatic carbocycles. The molecule has 1 aromatic heterocycles. The van der Waals surface area contributed by atoms with Gasteiger partial charge in [-0.25, -0.2) is 42.5 Å². The molecule has 1 aromatic rings. The van der Waals surface area contributed by atoms with Gasteiger partial charge in [-0.05, 0) is 45.4 Å². The van der Waals surface area contributed by atoms with Crippen molar-refractivity contribution in [3.8, 4) is 0 Å². The predicted molar refractivity (Wildman–Crippen MR) is 165 cm³/mol. The van der Waals surface area contributed by atoms with Crippen LogP contribution < -0.4 is 43.7 Å². The van der Waals surface area contributed by atoms with Crippen LogP contribution in [0.15, 0.2) is 14.4 Å². The SMILES string of the molecule is CCOC(=O)NCCCCCCn1c(=O)n(CCCCCCNC(=O)NC)c(=O)n(CCCCCCNC(=O)NC)c1=O. The van der Waals surface area contributed by atoms with Crippen molar-refractivity contribution in [2.75, 3.05) is 40.3 Å². The molecule has 0 saturated carbocycles. The number of ether oxygens (including phenoxy) is 1. The maximum Gasteiger partial charge on any atom is 0.407 e. The Bertz CT molecular complexity index is 1080. The van der Waals surface area contributed by atoms with E-state index < -0.39 is 23.2 Å². The second-order valence-electron chi connectivity index (χ2n) is 10.2. The van der Waals surface area contributed by atoms with Gasteiger partial charge in [0.1, 0.15) is 0 Å². The Morgan fingerprint density at radius 1 is 0.535 bits per heavy atom. The summed E-state index contributed by atoms with van der Waals surface area (Å²) >= 11 is 0. The van der Waals surface area contributed by atoms with E-state index in [1.165, 1.54) is 13.7 Å². The van der Waals surface area contributed by atoms with E-state index >= 15 is 0 Å².